The lowest BCUT2D eigenvalue weighted by Crippen LogP contribution is -2.47. The molecule has 2 saturated heterocycles. The van der Waals surface area contributed by atoms with Crippen LogP contribution in [0.5, 0.6) is 0 Å². The van der Waals surface area contributed by atoms with Gasteiger partial charge in [-0.15, -0.1) is 0 Å². The van der Waals surface area contributed by atoms with Gasteiger partial charge in [0.05, 0.1) is 5.25 Å². The number of hydrogen-bond donors (Lipinski definition) is 0. The lowest BCUT2D eigenvalue weighted by atomic mass is 10.0. The van der Waals surface area contributed by atoms with Crippen LogP contribution in [-0.2, 0) is 10.0 Å². The molecule has 0 radical (unpaired) electrons. The van der Waals surface area contributed by atoms with Gasteiger partial charge in [-0.2, -0.15) is 4.31 Å². The molecule has 0 amide bonds. The van der Waals surface area contributed by atoms with E-state index in [-0.39, 0.29) is 5.25 Å². The lowest BCUT2D eigenvalue weighted by molar-refractivity contribution is 0.204. The lowest BCUT2D eigenvalue weighted by Gasteiger charge is -2.33. The van der Waals surface area contributed by atoms with Crippen molar-refractivity contribution in [3.8, 4) is 0 Å². The number of nitrogens with zero attached hydrogens (tertiary/aromatic N) is 2. The third kappa shape index (κ3) is 2.73. The highest BCUT2D eigenvalue weighted by Gasteiger charge is 2.42. The average Bonchev–Trinajstić information content (AvgIpc) is 2.52. The van der Waals surface area contributed by atoms with Crippen molar-refractivity contribution < 1.29 is 8.42 Å². The number of likely N-dealkylation sites (tertiary alicyclic amines) is 1. The van der Waals surface area contributed by atoms with E-state index < -0.39 is 10.0 Å². The number of hydrogen-bond acceptors (Lipinski definition) is 3. The topological polar surface area (TPSA) is 40.6 Å². The Morgan fingerprint density at radius 2 is 1.78 bits per heavy atom. The molecule has 0 aromatic carbocycles. The van der Waals surface area contributed by atoms with Crippen molar-refractivity contribution in [3.63, 3.8) is 0 Å². The maximum atomic E-state index is 12.2. The van der Waals surface area contributed by atoms with Gasteiger partial charge in [0.2, 0.25) is 10.0 Å². The Kier molecular flexibility index (Phi) is 4.04. The smallest absolute Gasteiger partial charge is 0.216 e. The van der Waals surface area contributed by atoms with Gasteiger partial charge in [-0.1, -0.05) is 13.8 Å². The van der Waals surface area contributed by atoms with Gasteiger partial charge in [0.25, 0.3) is 0 Å². The molecule has 2 aliphatic rings. The second kappa shape index (κ2) is 5.10. The molecule has 0 aromatic heterocycles. The molecule has 2 fully saturated rings. The second-order valence-corrected chi connectivity index (χ2v) is 9.00. The first-order valence-corrected chi connectivity index (χ1v) is 8.54. The van der Waals surface area contributed by atoms with Crippen LogP contribution in [0.1, 0.15) is 34.1 Å². The molecule has 2 rings (SSSR count). The van der Waals surface area contributed by atoms with E-state index in [4.69, 9.17) is 0 Å². The standard InChI is InChI=1S/C13H26N2O2S/c1-10(2)6-14-7-12-5-13(14)9-15(8-12)18(16,17)11(3)4/h10-13H,5-9H2,1-4H3. The van der Waals surface area contributed by atoms with Crippen molar-refractivity contribution in [3.05, 3.63) is 0 Å². The molecule has 2 aliphatic heterocycles. The van der Waals surface area contributed by atoms with Gasteiger partial charge >= 0.3 is 0 Å². The number of fused-ring (bicyclic) bond motifs is 2. The van der Waals surface area contributed by atoms with Crippen LogP contribution in [0.15, 0.2) is 0 Å². The summed E-state index contributed by atoms with van der Waals surface area (Å²) in [5, 5.41) is -0.298. The van der Waals surface area contributed by atoms with E-state index in [1.165, 1.54) is 6.42 Å². The van der Waals surface area contributed by atoms with Gasteiger partial charge in [0.15, 0.2) is 0 Å². The molecular formula is C13H26N2O2S. The first-order valence-electron chi connectivity index (χ1n) is 7.03. The Morgan fingerprint density at radius 3 is 2.33 bits per heavy atom. The van der Waals surface area contributed by atoms with E-state index >= 15 is 0 Å². The van der Waals surface area contributed by atoms with Gasteiger partial charge in [-0.05, 0) is 32.1 Å². The summed E-state index contributed by atoms with van der Waals surface area (Å²) in [7, 11) is -3.07. The zero-order chi connectivity index (χ0) is 13.5. The minimum atomic E-state index is -3.07. The molecule has 0 aromatic rings. The molecule has 4 nitrogen and oxygen atoms in total. The van der Waals surface area contributed by atoms with Crippen LogP contribution in [0, 0.1) is 11.8 Å². The van der Waals surface area contributed by atoms with Crippen LogP contribution >= 0.6 is 0 Å². The highest BCUT2D eigenvalue weighted by atomic mass is 32.2. The summed E-state index contributed by atoms with van der Waals surface area (Å²) in [6, 6.07) is 0.444. The van der Waals surface area contributed by atoms with Gasteiger partial charge < -0.3 is 0 Å². The zero-order valence-electron chi connectivity index (χ0n) is 12.0. The molecule has 2 atom stereocenters. The van der Waals surface area contributed by atoms with Crippen molar-refractivity contribution in [2.24, 2.45) is 11.8 Å². The third-order valence-electron chi connectivity index (χ3n) is 4.05. The normalized spacial score (nSPS) is 30.6. The van der Waals surface area contributed by atoms with Crippen LogP contribution in [0.3, 0.4) is 0 Å². The van der Waals surface area contributed by atoms with Crippen molar-refractivity contribution in [1.82, 2.24) is 9.21 Å². The van der Waals surface area contributed by atoms with Gasteiger partial charge in [-0.25, -0.2) is 8.42 Å². The summed E-state index contributed by atoms with van der Waals surface area (Å²) >= 11 is 0. The highest BCUT2D eigenvalue weighted by Crippen LogP contribution is 2.32. The fourth-order valence-corrected chi connectivity index (χ4v) is 4.60. The predicted molar refractivity (Wildman–Crippen MR) is 73.9 cm³/mol. The molecule has 0 aliphatic carbocycles. The number of piperidine rings is 1. The van der Waals surface area contributed by atoms with Crippen LogP contribution in [0.4, 0.5) is 0 Å². The van der Waals surface area contributed by atoms with Gasteiger partial charge in [-0.3, -0.25) is 4.90 Å². The summed E-state index contributed by atoms with van der Waals surface area (Å²) in [5.41, 5.74) is 0. The van der Waals surface area contributed by atoms with Crippen molar-refractivity contribution >= 4 is 10.0 Å². The number of rotatable bonds is 4. The zero-order valence-corrected chi connectivity index (χ0v) is 12.8. The number of sulfonamides is 1. The molecule has 2 bridgehead atoms. The quantitative estimate of drug-likeness (QED) is 0.778. The van der Waals surface area contributed by atoms with E-state index in [1.54, 1.807) is 18.2 Å². The van der Waals surface area contributed by atoms with E-state index in [1.807, 2.05) is 0 Å². The summed E-state index contributed by atoms with van der Waals surface area (Å²) in [6.07, 6.45) is 1.18. The molecular weight excluding hydrogens is 248 g/mol. The Labute approximate surface area is 111 Å². The minimum Gasteiger partial charge on any atom is -0.298 e. The van der Waals surface area contributed by atoms with E-state index in [9.17, 15) is 8.42 Å². The SMILES string of the molecule is CC(C)CN1CC2CC1CN(S(=O)(=O)C(C)C)C2. The van der Waals surface area contributed by atoms with E-state index in [0.29, 0.717) is 24.4 Å². The molecule has 0 saturated carbocycles. The molecule has 106 valence electrons. The minimum absolute atomic E-state index is 0.298. The molecule has 0 N–H and O–H groups in total. The van der Waals surface area contributed by atoms with Crippen LogP contribution < -0.4 is 0 Å². The van der Waals surface area contributed by atoms with Crippen molar-refractivity contribution in [2.75, 3.05) is 26.2 Å². The fraction of sp³-hybridized carbons (Fsp3) is 1.00. The van der Waals surface area contributed by atoms with Crippen LogP contribution in [0.2, 0.25) is 0 Å². The third-order valence-corrected chi connectivity index (χ3v) is 6.26. The molecule has 2 heterocycles. The average molecular weight is 274 g/mol. The largest absolute Gasteiger partial charge is 0.298 e. The highest BCUT2D eigenvalue weighted by molar-refractivity contribution is 7.89. The molecule has 18 heavy (non-hydrogen) atoms. The fourth-order valence-electron chi connectivity index (χ4n) is 3.21. The first-order chi connectivity index (χ1) is 8.30. The van der Waals surface area contributed by atoms with Gasteiger partial charge in [0, 0.05) is 32.2 Å². The summed E-state index contributed by atoms with van der Waals surface area (Å²) in [4.78, 5) is 2.49. The first kappa shape index (κ1) is 14.3. The van der Waals surface area contributed by atoms with Crippen molar-refractivity contribution in [2.45, 2.75) is 45.4 Å². The predicted octanol–water partition coefficient (Wildman–Crippen LogP) is 1.39. The van der Waals surface area contributed by atoms with E-state index in [2.05, 4.69) is 18.7 Å². The second-order valence-electron chi connectivity index (χ2n) is 6.51. The van der Waals surface area contributed by atoms with Crippen LogP contribution in [-0.4, -0.2) is 55.1 Å². The Balaban J connectivity index is 2.07. The maximum Gasteiger partial charge on any atom is 0.216 e. The monoisotopic (exact) mass is 274 g/mol. The summed E-state index contributed by atoms with van der Waals surface area (Å²) in [5.74, 6) is 1.19. The Morgan fingerprint density at radius 1 is 1.11 bits per heavy atom. The van der Waals surface area contributed by atoms with Crippen molar-refractivity contribution in [1.29, 1.82) is 0 Å². The molecule has 5 heteroatoms. The molecule has 2 unspecified atom stereocenters. The summed E-state index contributed by atoms with van der Waals surface area (Å²) < 4.78 is 26.2. The Hall–Kier alpha value is -0.130. The van der Waals surface area contributed by atoms with Crippen LogP contribution in [0.25, 0.3) is 0 Å². The Bertz CT molecular complexity index is 392. The maximum absolute atomic E-state index is 12.2. The summed E-state index contributed by atoms with van der Waals surface area (Å²) in [6.45, 7) is 11.6. The molecule has 0 spiro atoms. The van der Waals surface area contributed by atoms with E-state index in [0.717, 1.165) is 19.6 Å². The van der Waals surface area contributed by atoms with Gasteiger partial charge in [0.1, 0.15) is 0 Å².